The molecule has 3 fully saturated rings. The van der Waals surface area contributed by atoms with E-state index < -0.39 is 0 Å². The third-order valence-electron chi connectivity index (χ3n) is 7.36. The summed E-state index contributed by atoms with van der Waals surface area (Å²) < 4.78 is 7.41. The van der Waals surface area contributed by atoms with Gasteiger partial charge >= 0.3 is 0 Å². The number of aromatic nitrogens is 4. The molecule has 0 spiro atoms. The maximum Gasteiger partial charge on any atom is 0.230 e. The Morgan fingerprint density at radius 1 is 1.38 bits per heavy atom. The first-order valence-corrected chi connectivity index (χ1v) is 10.7. The van der Waals surface area contributed by atoms with Crippen molar-refractivity contribution in [1.29, 1.82) is 0 Å². The fourth-order valence-corrected chi connectivity index (χ4v) is 5.88. The lowest BCUT2D eigenvalue weighted by Crippen LogP contribution is -2.47. The third-order valence-corrected chi connectivity index (χ3v) is 8.32. The predicted molar refractivity (Wildman–Crippen MR) is 98.7 cm³/mol. The Labute approximate surface area is 159 Å². The van der Waals surface area contributed by atoms with Crippen molar-refractivity contribution in [2.75, 3.05) is 12.4 Å². The Hall–Kier alpha value is -1.15. The molecule has 4 rings (SSSR count). The van der Waals surface area contributed by atoms with Crippen LogP contribution in [0.5, 0.6) is 0 Å². The van der Waals surface area contributed by atoms with Gasteiger partial charge in [0, 0.05) is 12.6 Å². The second-order valence-corrected chi connectivity index (χ2v) is 9.74. The number of nitrogens with zero attached hydrogens (tertiary/aromatic N) is 4. The van der Waals surface area contributed by atoms with E-state index in [1.54, 1.807) is 4.68 Å². The van der Waals surface area contributed by atoms with Gasteiger partial charge in [0.1, 0.15) is 0 Å². The predicted octanol–water partition coefficient (Wildman–Crippen LogP) is 2.28. The molecule has 2 saturated carbocycles. The van der Waals surface area contributed by atoms with Gasteiger partial charge in [0.2, 0.25) is 11.1 Å². The molecule has 3 aliphatic rings. The van der Waals surface area contributed by atoms with Gasteiger partial charge < -0.3 is 10.1 Å². The molecule has 1 N–H and O–H groups in total. The lowest BCUT2D eigenvalue weighted by Gasteiger charge is -2.39. The Bertz CT molecular complexity index is 672. The zero-order valence-corrected chi connectivity index (χ0v) is 16.7. The van der Waals surface area contributed by atoms with Crippen LogP contribution in [-0.4, -0.2) is 50.6 Å². The van der Waals surface area contributed by atoms with Gasteiger partial charge in [-0.25, -0.2) is 4.68 Å². The molecule has 4 atom stereocenters. The molecule has 0 aromatic carbocycles. The molecule has 2 bridgehead atoms. The van der Waals surface area contributed by atoms with E-state index in [1.165, 1.54) is 24.6 Å². The Balaban J connectivity index is 1.31. The van der Waals surface area contributed by atoms with Gasteiger partial charge in [0.25, 0.3) is 0 Å². The second kappa shape index (κ2) is 6.78. The minimum Gasteiger partial charge on any atom is -0.376 e. The van der Waals surface area contributed by atoms with E-state index in [0.717, 1.165) is 31.8 Å². The molecule has 7 nitrogen and oxygen atoms in total. The van der Waals surface area contributed by atoms with Crippen molar-refractivity contribution >= 4 is 17.7 Å². The van der Waals surface area contributed by atoms with Crippen molar-refractivity contribution < 1.29 is 9.53 Å². The molecule has 26 heavy (non-hydrogen) atoms. The number of carbonyl (C=O) groups excluding carboxylic acids is 1. The van der Waals surface area contributed by atoms with Crippen LogP contribution in [0.2, 0.25) is 0 Å². The summed E-state index contributed by atoms with van der Waals surface area (Å²) in [4.78, 5) is 12.5. The average molecular weight is 380 g/mol. The number of rotatable bonds is 6. The van der Waals surface area contributed by atoms with Gasteiger partial charge in [0.15, 0.2) is 0 Å². The largest absolute Gasteiger partial charge is 0.376 e. The molecule has 1 aliphatic heterocycles. The fraction of sp³-hybridized carbons (Fsp3) is 0.889. The Morgan fingerprint density at radius 3 is 2.88 bits per heavy atom. The molecular weight excluding hydrogens is 350 g/mol. The molecule has 0 radical (unpaired) electrons. The Kier molecular flexibility index (Phi) is 4.75. The Morgan fingerprint density at radius 2 is 2.23 bits per heavy atom. The number of carbonyl (C=O) groups is 1. The average Bonchev–Trinajstić information content (AvgIpc) is 3.33. The lowest BCUT2D eigenvalue weighted by atomic mass is 9.69. The first kappa shape index (κ1) is 18.2. The van der Waals surface area contributed by atoms with Crippen molar-refractivity contribution in [2.24, 2.45) is 16.7 Å². The number of hydrogen-bond acceptors (Lipinski definition) is 6. The van der Waals surface area contributed by atoms with E-state index in [9.17, 15) is 4.79 Å². The number of nitrogens with one attached hydrogen (secondary N) is 1. The molecule has 8 heteroatoms. The van der Waals surface area contributed by atoms with Gasteiger partial charge in [-0.1, -0.05) is 32.5 Å². The van der Waals surface area contributed by atoms with Crippen molar-refractivity contribution in [3.8, 4) is 0 Å². The zero-order valence-electron chi connectivity index (χ0n) is 15.9. The summed E-state index contributed by atoms with van der Waals surface area (Å²) in [6.07, 6.45) is 5.93. The van der Waals surface area contributed by atoms with E-state index in [0.29, 0.717) is 22.9 Å². The fourth-order valence-electron chi connectivity index (χ4n) is 5.18. The summed E-state index contributed by atoms with van der Waals surface area (Å²) in [6, 6.07) is 0.284. The normalized spacial score (nSPS) is 35.1. The van der Waals surface area contributed by atoms with Gasteiger partial charge in [-0.15, -0.1) is 5.10 Å². The maximum atomic E-state index is 12.5. The van der Waals surface area contributed by atoms with Crippen LogP contribution in [0.3, 0.4) is 0 Å². The van der Waals surface area contributed by atoms with Crippen LogP contribution in [0.1, 0.15) is 52.9 Å². The van der Waals surface area contributed by atoms with Gasteiger partial charge in [-0.3, -0.25) is 4.79 Å². The minimum atomic E-state index is 0.0799. The number of tetrazole rings is 1. The highest BCUT2D eigenvalue weighted by Crippen LogP contribution is 2.65. The van der Waals surface area contributed by atoms with E-state index in [4.69, 9.17) is 4.74 Å². The van der Waals surface area contributed by atoms with E-state index in [-0.39, 0.29) is 23.5 Å². The van der Waals surface area contributed by atoms with E-state index in [1.807, 2.05) is 0 Å². The van der Waals surface area contributed by atoms with Crippen molar-refractivity contribution in [1.82, 2.24) is 25.5 Å². The molecule has 4 unspecified atom stereocenters. The summed E-state index contributed by atoms with van der Waals surface area (Å²) in [5, 5.41) is 15.9. The number of amides is 1. The first-order chi connectivity index (χ1) is 12.4. The highest BCUT2D eigenvalue weighted by molar-refractivity contribution is 7.99. The second-order valence-electron chi connectivity index (χ2n) is 8.80. The molecule has 1 aromatic rings. The van der Waals surface area contributed by atoms with Gasteiger partial charge in [0.05, 0.1) is 18.4 Å². The molecule has 1 aromatic heterocycles. The van der Waals surface area contributed by atoms with Crippen LogP contribution < -0.4 is 5.32 Å². The monoisotopic (exact) mass is 379 g/mol. The van der Waals surface area contributed by atoms with Crippen LogP contribution in [0.15, 0.2) is 5.16 Å². The smallest absolute Gasteiger partial charge is 0.230 e. The molecule has 1 saturated heterocycles. The summed E-state index contributed by atoms with van der Waals surface area (Å²) in [5.41, 5.74) is 0.517. The highest BCUT2D eigenvalue weighted by Gasteiger charge is 2.61. The van der Waals surface area contributed by atoms with Crippen LogP contribution >= 0.6 is 11.8 Å². The summed E-state index contributed by atoms with van der Waals surface area (Å²) in [5.74, 6) is 1.16. The highest BCUT2D eigenvalue weighted by atomic mass is 32.2. The molecule has 2 heterocycles. The lowest BCUT2D eigenvalue weighted by molar-refractivity contribution is -0.120. The minimum absolute atomic E-state index is 0.0799. The standard InChI is InChI=1S/C18H29N5O2S/c1-17(2)12-6-7-18(17,3)14(9-12)19-15(24)11-26-16-20-21-22-23(16)10-13-5-4-8-25-13/h12-14H,4-11H2,1-3H3,(H,19,24). The van der Waals surface area contributed by atoms with Gasteiger partial charge in [-0.05, 0) is 59.3 Å². The molecule has 2 aliphatic carbocycles. The van der Waals surface area contributed by atoms with Crippen molar-refractivity contribution in [3.05, 3.63) is 0 Å². The summed E-state index contributed by atoms with van der Waals surface area (Å²) >= 11 is 1.41. The van der Waals surface area contributed by atoms with E-state index in [2.05, 4.69) is 41.6 Å². The molecule has 1 amide bonds. The zero-order chi connectivity index (χ0) is 18.4. The number of thioether (sulfide) groups is 1. The maximum absolute atomic E-state index is 12.5. The molecular formula is C18H29N5O2S. The van der Waals surface area contributed by atoms with Crippen LogP contribution in [0.4, 0.5) is 0 Å². The number of ether oxygens (including phenoxy) is 1. The van der Waals surface area contributed by atoms with E-state index >= 15 is 0 Å². The summed E-state index contributed by atoms with van der Waals surface area (Å²) in [6.45, 7) is 8.55. The van der Waals surface area contributed by atoms with Crippen molar-refractivity contribution in [2.45, 2.75) is 76.7 Å². The van der Waals surface area contributed by atoms with Gasteiger partial charge in [-0.2, -0.15) is 0 Å². The third kappa shape index (κ3) is 3.05. The quantitative estimate of drug-likeness (QED) is 0.764. The summed E-state index contributed by atoms with van der Waals surface area (Å²) in [7, 11) is 0. The molecule has 144 valence electrons. The number of fused-ring (bicyclic) bond motifs is 2. The van der Waals surface area contributed by atoms with Crippen molar-refractivity contribution in [3.63, 3.8) is 0 Å². The van der Waals surface area contributed by atoms with Crippen LogP contribution in [0.25, 0.3) is 0 Å². The number of hydrogen-bond donors (Lipinski definition) is 1. The topological polar surface area (TPSA) is 81.9 Å². The SMILES string of the molecule is CC1(C)C2CCC1(C)C(NC(=O)CSc1nnnn1CC1CCCO1)C2. The first-order valence-electron chi connectivity index (χ1n) is 9.70. The van der Waals surface area contributed by atoms with Crippen LogP contribution in [-0.2, 0) is 16.1 Å². The van der Waals surface area contributed by atoms with Crippen LogP contribution in [0, 0.1) is 16.7 Å².